The molecule has 2 aromatic heterocycles. The van der Waals surface area contributed by atoms with Crippen LogP contribution >= 0.6 is 35.3 Å². The number of halogens is 5. The summed E-state index contributed by atoms with van der Waals surface area (Å²) < 4.78 is 49.5. The number of carboxylic acids is 1. The lowest BCUT2D eigenvalue weighted by molar-refractivity contribution is -0.198. The Bertz CT molecular complexity index is 1670. The molecule has 5 aromatic rings. The summed E-state index contributed by atoms with van der Waals surface area (Å²) in [4.78, 5) is 19.4. The molecule has 3 aromatic carbocycles. The number of carbonyl (C=O) groups is 1. The van der Waals surface area contributed by atoms with Crippen LogP contribution in [0.5, 0.6) is 5.88 Å². The molecule has 0 saturated carbocycles. The van der Waals surface area contributed by atoms with Crippen LogP contribution < -0.4 is 10.5 Å². The molecule has 2 atom stereocenters. The highest BCUT2D eigenvalue weighted by Crippen LogP contribution is 2.44. The normalized spacial score (nSPS) is 12.9. The van der Waals surface area contributed by atoms with E-state index in [4.69, 9.17) is 27.2 Å². The number of rotatable bonds is 8. The number of ether oxygens (including phenoxy) is 1. The first-order valence-electron chi connectivity index (χ1n) is 12.0. The molecule has 5 rings (SSSR count). The van der Waals surface area contributed by atoms with Gasteiger partial charge in [0, 0.05) is 21.5 Å². The van der Waals surface area contributed by atoms with Gasteiger partial charge >= 0.3 is 12.1 Å². The molecule has 0 aliphatic carbocycles. The van der Waals surface area contributed by atoms with E-state index in [9.17, 15) is 18.0 Å². The van der Waals surface area contributed by atoms with Crippen LogP contribution in [0.15, 0.2) is 84.5 Å². The molecule has 0 amide bonds. The van der Waals surface area contributed by atoms with Gasteiger partial charge in [0.25, 0.3) is 0 Å². The van der Waals surface area contributed by atoms with Crippen molar-refractivity contribution < 1.29 is 27.8 Å². The number of alkyl halides is 3. The predicted molar refractivity (Wildman–Crippen MR) is 156 cm³/mol. The highest BCUT2D eigenvalue weighted by molar-refractivity contribution is 7.18. The summed E-state index contributed by atoms with van der Waals surface area (Å²) in [7, 11) is 0. The van der Waals surface area contributed by atoms with Gasteiger partial charge in [-0.1, -0.05) is 72.3 Å². The number of nitrogens with zero attached hydrogens (tertiary/aromatic N) is 2. The zero-order valence-corrected chi connectivity index (χ0v) is 23.4. The van der Waals surface area contributed by atoms with E-state index in [1.54, 1.807) is 60.0 Å². The van der Waals surface area contributed by atoms with Crippen molar-refractivity contribution in [3.63, 3.8) is 0 Å². The summed E-state index contributed by atoms with van der Waals surface area (Å²) in [6.07, 6.45) is -5.75. The maximum absolute atomic E-state index is 14.5. The van der Waals surface area contributed by atoms with Crippen molar-refractivity contribution in [3.05, 3.63) is 101 Å². The van der Waals surface area contributed by atoms with E-state index >= 15 is 0 Å². The van der Waals surface area contributed by atoms with Gasteiger partial charge in [-0.25, -0.2) is 9.97 Å². The Morgan fingerprint density at radius 1 is 1.00 bits per heavy atom. The van der Waals surface area contributed by atoms with Crippen molar-refractivity contribution >= 4 is 51.5 Å². The summed E-state index contributed by atoms with van der Waals surface area (Å²) in [6.45, 7) is 0. The standard InChI is InChI=1S/C29H21ClF3N3O3S.ClH/c30-19-10-11-20(21(13-19)17-4-2-1-3-5-17)26(29(31,32)33)39-27-25-24(35-15-36-27)22(14-40-25)18-8-6-16(7-9-18)12-23(34)28(37)38;/h1-11,13-15,23,26H,12,34H2,(H,37,38);1H. The first kappa shape index (κ1) is 30.3. The number of thiophene rings is 1. The third kappa shape index (κ3) is 6.62. The van der Waals surface area contributed by atoms with E-state index in [1.807, 2.05) is 0 Å². The Hall–Kier alpha value is -3.70. The molecular weight excluding hydrogens is 598 g/mol. The molecule has 3 N–H and O–H groups in total. The van der Waals surface area contributed by atoms with Crippen molar-refractivity contribution in [2.75, 3.05) is 0 Å². The third-order valence-corrected chi connectivity index (χ3v) is 7.46. The number of fused-ring (bicyclic) bond motifs is 1. The molecule has 0 fully saturated rings. The minimum atomic E-state index is -4.76. The Morgan fingerprint density at radius 2 is 1.68 bits per heavy atom. The summed E-state index contributed by atoms with van der Waals surface area (Å²) in [5.41, 5.74) is 9.00. The fourth-order valence-corrected chi connectivity index (χ4v) is 5.45. The SMILES string of the molecule is Cl.NC(Cc1ccc(-c2csc3c(OC(c4ccc(Cl)cc4-c4ccccc4)C(F)(F)F)ncnc23)cc1)C(=O)O. The van der Waals surface area contributed by atoms with E-state index in [-0.39, 0.29) is 30.3 Å². The monoisotopic (exact) mass is 619 g/mol. The first-order chi connectivity index (χ1) is 19.1. The molecule has 0 aliphatic rings. The summed E-state index contributed by atoms with van der Waals surface area (Å²) >= 11 is 7.33. The molecule has 12 heteroatoms. The van der Waals surface area contributed by atoms with Crippen molar-refractivity contribution in [3.8, 4) is 28.1 Å². The molecule has 6 nitrogen and oxygen atoms in total. The van der Waals surface area contributed by atoms with Crippen LogP contribution in [0, 0.1) is 0 Å². The van der Waals surface area contributed by atoms with E-state index < -0.39 is 24.3 Å². The van der Waals surface area contributed by atoms with Gasteiger partial charge in [0.05, 0.1) is 5.52 Å². The molecule has 0 aliphatic heterocycles. The van der Waals surface area contributed by atoms with Gasteiger partial charge in [-0.15, -0.1) is 23.7 Å². The lowest BCUT2D eigenvalue weighted by Crippen LogP contribution is -2.32. The van der Waals surface area contributed by atoms with Gasteiger partial charge in [-0.3, -0.25) is 4.79 Å². The fraction of sp³-hybridized carbons (Fsp3) is 0.138. The highest BCUT2D eigenvalue weighted by atomic mass is 35.5. The van der Waals surface area contributed by atoms with Crippen LogP contribution in [-0.4, -0.2) is 33.3 Å². The first-order valence-corrected chi connectivity index (χ1v) is 13.3. The van der Waals surface area contributed by atoms with E-state index in [0.29, 0.717) is 31.9 Å². The van der Waals surface area contributed by atoms with Crippen molar-refractivity contribution in [1.29, 1.82) is 0 Å². The Labute approximate surface area is 248 Å². The molecule has 0 spiro atoms. The number of hydrogen-bond donors (Lipinski definition) is 2. The van der Waals surface area contributed by atoms with Crippen LogP contribution in [0.1, 0.15) is 17.2 Å². The number of hydrogen-bond acceptors (Lipinski definition) is 6. The van der Waals surface area contributed by atoms with Crippen LogP contribution in [0.4, 0.5) is 13.2 Å². The smallest absolute Gasteiger partial charge is 0.429 e. The fourth-order valence-electron chi connectivity index (χ4n) is 4.32. The Balaban J connectivity index is 0.00000387. The lowest BCUT2D eigenvalue weighted by atomic mass is 9.96. The second-order valence-electron chi connectivity index (χ2n) is 8.99. The Morgan fingerprint density at radius 3 is 2.34 bits per heavy atom. The van der Waals surface area contributed by atoms with Gasteiger partial charge in [0.2, 0.25) is 12.0 Å². The topological polar surface area (TPSA) is 98.3 Å². The van der Waals surface area contributed by atoms with Crippen molar-refractivity contribution in [1.82, 2.24) is 9.97 Å². The number of nitrogens with two attached hydrogens (primary N) is 1. The molecule has 0 bridgehead atoms. The van der Waals surface area contributed by atoms with Crippen molar-refractivity contribution in [2.24, 2.45) is 5.73 Å². The third-order valence-electron chi connectivity index (χ3n) is 6.27. The summed E-state index contributed by atoms with van der Waals surface area (Å²) in [6, 6.07) is 18.9. The molecule has 2 heterocycles. The molecule has 2 unspecified atom stereocenters. The number of benzene rings is 3. The van der Waals surface area contributed by atoms with Crippen molar-refractivity contribution in [2.45, 2.75) is 24.7 Å². The van der Waals surface area contributed by atoms with Gasteiger partial charge in [0.1, 0.15) is 17.1 Å². The number of aromatic nitrogens is 2. The van der Waals surface area contributed by atoms with Crippen LogP contribution in [0.2, 0.25) is 5.02 Å². The lowest BCUT2D eigenvalue weighted by Gasteiger charge is -2.24. The van der Waals surface area contributed by atoms with E-state index in [1.165, 1.54) is 35.9 Å². The Kier molecular flexibility index (Phi) is 9.18. The maximum atomic E-state index is 14.5. The molecule has 41 heavy (non-hydrogen) atoms. The average Bonchev–Trinajstić information content (AvgIpc) is 3.37. The average molecular weight is 620 g/mol. The second-order valence-corrected chi connectivity index (χ2v) is 10.3. The number of aliphatic carboxylic acids is 1. The largest absolute Gasteiger partial charge is 0.480 e. The van der Waals surface area contributed by atoms with Crippen LogP contribution in [0.25, 0.3) is 32.5 Å². The minimum absolute atomic E-state index is 0. The van der Waals surface area contributed by atoms with E-state index in [0.717, 1.165) is 11.1 Å². The highest BCUT2D eigenvalue weighted by Gasteiger charge is 2.45. The zero-order valence-electron chi connectivity index (χ0n) is 21.0. The van der Waals surface area contributed by atoms with Gasteiger partial charge in [0.15, 0.2) is 0 Å². The molecule has 0 radical (unpaired) electrons. The predicted octanol–water partition coefficient (Wildman–Crippen LogP) is 7.74. The van der Waals surface area contributed by atoms with Gasteiger partial charge in [-0.2, -0.15) is 13.2 Å². The minimum Gasteiger partial charge on any atom is -0.480 e. The maximum Gasteiger partial charge on any atom is 0.429 e. The van der Waals surface area contributed by atoms with Gasteiger partial charge < -0.3 is 15.6 Å². The number of carboxylic acid groups (broad SMARTS) is 1. The zero-order chi connectivity index (χ0) is 28.4. The van der Waals surface area contributed by atoms with Crippen LogP contribution in [0.3, 0.4) is 0 Å². The van der Waals surface area contributed by atoms with Crippen LogP contribution in [-0.2, 0) is 11.2 Å². The summed E-state index contributed by atoms with van der Waals surface area (Å²) in [5.74, 6) is -1.29. The summed E-state index contributed by atoms with van der Waals surface area (Å²) in [5, 5.41) is 11.1. The quantitative estimate of drug-likeness (QED) is 0.184. The second kappa shape index (κ2) is 12.4. The molecule has 212 valence electrons. The molecule has 0 saturated heterocycles. The molecular formula is C29H22Cl2F3N3O3S. The van der Waals surface area contributed by atoms with E-state index in [2.05, 4.69) is 9.97 Å². The van der Waals surface area contributed by atoms with Gasteiger partial charge in [-0.05, 0) is 40.8 Å².